The summed E-state index contributed by atoms with van der Waals surface area (Å²) in [6, 6.07) is 11.4. The SMILES string of the molecule is CC(Sc1nnc(-c2cccs2)n1CC1CCCO1)C(=O)N1c2ccccc2NC(=O)C1(C)C. The highest BCUT2D eigenvalue weighted by molar-refractivity contribution is 8.00. The van der Waals surface area contributed by atoms with Gasteiger partial charge in [0.25, 0.3) is 0 Å². The molecule has 8 nitrogen and oxygen atoms in total. The highest BCUT2D eigenvalue weighted by Gasteiger charge is 2.45. The number of amides is 2. The van der Waals surface area contributed by atoms with Crippen LogP contribution in [0.15, 0.2) is 46.9 Å². The fourth-order valence-electron chi connectivity index (χ4n) is 4.36. The molecule has 1 aromatic carbocycles. The Labute approximate surface area is 206 Å². The summed E-state index contributed by atoms with van der Waals surface area (Å²) in [6.45, 7) is 6.80. The van der Waals surface area contributed by atoms with Crippen LogP contribution in [0.3, 0.4) is 0 Å². The monoisotopic (exact) mass is 497 g/mol. The molecule has 10 heteroatoms. The summed E-state index contributed by atoms with van der Waals surface area (Å²) in [5, 5.41) is 14.0. The number of fused-ring (bicyclic) bond motifs is 1. The zero-order valence-electron chi connectivity index (χ0n) is 19.4. The smallest absolute Gasteiger partial charge is 0.250 e. The molecule has 1 saturated heterocycles. The van der Waals surface area contributed by atoms with E-state index in [2.05, 4.69) is 20.1 Å². The Morgan fingerprint density at radius 2 is 2.12 bits per heavy atom. The predicted molar refractivity (Wildman–Crippen MR) is 134 cm³/mol. The molecular formula is C24H27N5O3S2. The fourth-order valence-corrected chi connectivity index (χ4v) is 5.97. The number of nitrogens with one attached hydrogen (secondary N) is 1. The summed E-state index contributed by atoms with van der Waals surface area (Å²) >= 11 is 2.97. The first-order chi connectivity index (χ1) is 16.4. The second kappa shape index (κ2) is 9.16. The number of hydrogen-bond donors (Lipinski definition) is 1. The molecule has 0 saturated carbocycles. The number of benzene rings is 1. The Morgan fingerprint density at radius 1 is 1.29 bits per heavy atom. The average molecular weight is 498 g/mol. The minimum atomic E-state index is -1.02. The maximum atomic E-state index is 13.8. The molecule has 2 amide bonds. The molecular weight excluding hydrogens is 470 g/mol. The fraction of sp³-hybridized carbons (Fsp3) is 0.417. The second-order valence-corrected chi connectivity index (χ2v) is 11.2. The molecule has 4 heterocycles. The maximum absolute atomic E-state index is 13.8. The van der Waals surface area contributed by atoms with E-state index in [-0.39, 0.29) is 17.9 Å². The molecule has 2 aliphatic rings. The molecule has 0 spiro atoms. The van der Waals surface area contributed by atoms with Crippen LogP contribution < -0.4 is 10.2 Å². The number of ether oxygens (including phenoxy) is 1. The number of aromatic nitrogens is 3. The Bertz CT molecular complexity index is 1200. The third-order valence-corrected chi connectivity index (χ3v) is 8.16. The lowest BCUT2D eigenvalue weighted by Gasteiger charge is -2.43. The van der Waals surface area contributed by atoms with Gasteiger partial charge in [-0.15, -0.1) is 21.5 Å². The molecule has 1 N–H and O–H groups in total. The van der Waals surface area contributed by atoms with Gasteiger partial charge in [-0.05, 0) is 57.2 Å². The number of carbonyl (C=O) groups is 2. The first kappa shape index (κ1) is 23.1. The van der Waals surface area contributed by atoms with Gasteiger partial charge in [0, 0.05) is 6.61 Å². The quantitative estimate of drug-likeness (QED) is 0.507. The van der Waals surface area contributed by atoms with Gasteiger partial charge < -0.3 is 10.1 Å². The van der Waals surface area contributed by atoms with Crippen LogP contribution in [0.4, 0.5) is 11.4 Å². The molecule has 2 unspecified atom stereocenters. The van der Waals surface area contributed by atoms with Gasteiger partial charge in [0.2, 0.25) is 11.8 Å². The molecule has 1 fully saturated rings. The van der Waals surface area contributed by atoms with Crippen molar-refractivity contribution in [3.63, 3.8) is 0 Å². The first-order valence-electron chi connectivity index (χ1n) is 11.4. The number of nitrogens with zero attached hydrogens (tertiary/aromatic N) is 4. The van der Waals surface area contributed by atoms with Crippen molar-refractivity contribution in [1.82, 2.24) is 14.8 Å². The van der Waals surface area contributed by atoms with Crippen LogP contribution in [0.2, 0.25) is 0 Å². The van der Waals surface area contributed by atoms with Crippen LogP contribution in [0.25, 0.3) is 10.7 Å². The summed E-state index contributed by atoms with van der Waals surface area (Å²) in [4.78, 5) is 29.2. The number of carbonyl (C=O) groups excluding carboxylic acids is 2. The normalized spacial score (nSPS) is 20.1. The van der Waals surface area contributed by atoms with Gasteiger partial charge in [-0.3, -0.25) is 19.1 Å². The van der Waals surface area contributed by atoms with Crippen LogP contribution in [-0.2, 0) is 20.9 Å². The van der Waals surface area contributed by atoms with Crippen molar-refractivity contribution in [3.8, 4) is 10.7 Å². The van der Waals surface area contributed by atoms with Gasteiger partial charge in [-0.25, -0.2) is 0 Å². The molecule has 34 heavy (non-hydrogen) atoms. The van der Waals surface area contributed by atoms with E-state index >= 15 is 0 Å². The largest absolute Gasteiger partial charge is 0.376 e. The van der Waals surface area contributed by atoms with Crippen LogP contribution in [0.5, 0.6) is 0 Å². The lowest BCUT2D eigenvalue weighted by atomic mass is 9.96. The number of para-hydroxylation sites is 2. The summed E-state index contributed by atoms with van der Waals surface area (Å²) < 4.78 is 7.95. The van der Waals surface area contributed by atoms with Crippen molar-refractivity contribution in [2.24, 2.45) is 0 Å². The molecule has 0 bridgehead atoms. The Kier molecular flexibility index (Phi) is 6.22. The van der Waals surface area contributed by atoms with E-state index in [0.717, 1.165) is 30.2 Å². The molecule has 3 aromatic rings. The third kappa shape index (κ3) is 4.14. The zero-order valence-corrected chi connectivity index (χ0v) is 21.0. The van der Waals surface area contributed by atoms with Gasteiger partial charge in [0.1, 0.15) is 5.54 Å². The van der Waals surface area contributed by atoms with Gasteiger partial charge in [-0.1, -0.05) is 30.0 Å². The van der Waals surface area contributed by atoms with Crippen molar-refractivity contribution in [2.45, 2.75) is 62.2 Å². The molecule has 2 aliphatic heterocycles. The van der Waals surface area contributed by atoms with E-state index in [1.165, 1.54) is 11.8 Å². The Hall–Kier alpha value is -2.69. The van der Waals surface area contributed by atoms with Gasteiger partial charge >= 0.3 is 0 Å². The summed E-state index contributed by atoms with van der Waals surface area (Å²) in [6.07, 6.45) is 2.15. The molecule has 0 radical (unpaired) electrons. The van der Waals surface area contributed by atoms with Gasteiger partial charge in [-0.2, -0.15) is 0 Å². The van der Waals surface area contributed by atoms with Gasteiger partial charge in [0.05, 0.1) is 34.2 Å². The van der Waals surface area contributed by atoms with Crippen LogP contribution in [0.1, 0.15) is 33.6 Å². The molecule has 5 rings (SSSR count). The highest BCUT2D eigenvalue weighted by atomic mass is 32.2. The summed E-state index contributed by atoms with van der Waals surface area (Å²) in [7, 11) is 0. The minimum Gasteiger partial charge on any atom is -0.376 e. The number of anilines is 2. The highest BCUT2D eigenvalue weighted by Crippen LogP contribution is 2.39. The molecule has 2 aromatic heterocycles. The lowest BCUT2D eigenvalue weighted by Crippen LogP contribution is -2.60. The van der Waals surface area contributed by atoms with E-state index < -0.39 is 10.8 Å². The molecule has 0 aliphatic carbocycles. The minimum absolute atomic E-state index is 0.108. The molecule has 178 valence electrons. The van der Waals surface area contributed by atoms with Crippen LogP contribution >= 0.6 is 23.1 Å². The average Bonchev–Trinajstić information content (AvgIpc) is 3.58. The van der Waals surface area contributed by atoms with Crippen molar-refractivity contribution in [3.05, 3.63) is 41.8 Å². The van der Waals surface area contributed by atoms with Gasteiger partial charge in [0.15, 0.2) is 11.0 Å². The topological polar surface area (TPSA) is 89.3 Å². The number of rotatable bonds is 6. The lowest BCUT2D eigenvalue weighted by molar-refractivity contribution is -0.126. The molecule has 2 atom stereocenters. The maximum Gasteiger partial charge on any atom is 0.250 e. The Morgan fingerprint density at radius 3 is 2.85 bits per heavy atom. The van der Waals surface area contributed by atoms with E-state index in [1.54, 1.807) is 30.1 Å². The van der Waals surface area contributed by atoms with E-state index in [9.17, 15) is 9.59 Å². The van der Waals surface area contributed by atoms with Crippen molar-refractivity contribution in [2.75, 3.05) is 16.8 Å². The van der Waals surface area contributed by atoms with Crippen molar-refractivity contribution >= 4 is 46.3 Å². The van der Waals surface area contributed by atoms with E-state index in [0.29, 0.717) is 23.1 Å². The van der Waals surface area contributed by atoms with Crippen molar-refractivity contribution < 1.29 is 14.3 Å². The third-order valence-electron chi connectivity index (χ3n) is 6.23. The second-order valence-electron chi connectivity index (χ2n) is 8.99. The Balaban J connectivity index is 1.44. The summed E-state index contributed by atoms with van der Waals surface area (Å²) in [5.74, 6) is 0.426. The number of thiophene rings is 1. The predicted octanol–water partition coefficient (Wildman–Crippen LogP) is 4.43. The standard InChI is InChI=1S/C24H27N5O3S2/c1-15(21(30)29-18-10-5-4-9-17(18)25-22(31)24(29,2)3)34-23-27-26-20(19-11-7-13-33-19)28(23)14-16-8-6-12-32-16/h4-5,7,9-11,13,15-16H,6,8,12,14H2,1-3H3,(H,25,31). The zero-order chi connectivity index (χ0) is 23.9. The van der Waals surface area contributed by atoms with E-state index in [4.69, 9.17) is 4.74 Å². The number of thioether (sulfide) groups is 1. The first-order valence-corrected chi connectivity index (χ1v) is 13.1. The van der Waals surface area contributed by atoms with Crippen molar-refractivity contribution in [1.29, 1.82) is 0 Å². The summed E-state index contributed by atoms with van der Waals surface area (Å²) in [5.41, 5.74) is 0.317. The van der Waals surface area contributed by atoms with E-state index in [1.807, 2.05) is 48.7 Å². The van der Waals surface area contributed by atoms with Crippen LogP contribution in [0, 0.1) is 0 Å². The number of hydrogen-bond acceptors (Lipinski definition) is 7. The van der Waals surface area contributed by atoms with Crippen LogP contribution in [-0.4, -0.2) is 50.1 Å².